The lowest BCUT2D eigenvalue weighted by Gasteiger charge is -2.17. The van der Waals surface area contributed by atoms with E-state index >= 15 is 0 Å². The van der Waals surface area contributed by atoms with Crippen molar-refractivity contribution in [1.29, 1.82) is 0 Å². The molecule has 0 N–H and O–H groups in total. The van der Waals surface area contributed by atoms with Crippen molar-refractivity contribution in [3.8, 4) is 0 Å². The van der Waals surface area contributed by atoms with E-state index in [9.17, 15) is 0 Å². The van der Waals surface area contributed by atoms with E-state index in [-0.39, 0.29) is 12.8 Å². The molecule has 0 aromatic carbocycles. The van der Waals surface area contributed by atoms with Crippen LogP contribution in [0, 0.1) is 13.8 Å². The summed E-state index contributed by atoms with van der Waals surface area (Å²) in [6.07, 6.45) is 0. The standard InChI is InChI=1S/C10H16N2.CH4/c1-7-6-8(2)12-9(11-7)10(3,4)5;/h6H,1-5H3;1H4. The summed E-state index contributed by atoms with van der Waals surface area (Å²) in [5, 5.41) is 0. The molecule has 13 heavy (non-hydrogen) atoms. The Bertz CT molecular complexity index is 264. The second-order valence-corrected chi connectivity index (χ2v) is 4.22. The normalized spacial score (nSPS) is 10.8. The van der Waals surface area contributed by atoms with E-state index in [1.54, 1.807) is 0 Å². The number of hydrogen-bond acceptors (Lipinski definition) is 2. The van der Waals surface area contributed by atoms with E-state index in [4.69, 9.17) is 0 Å². The molecule has 0 saturated heterocycles. The van der Waals surface area contributed by atoms with Gasteiger partial charge in [-0.05, 0) is 19.9 Å². The molecule has 0 bridgehead atoms. The fraction of sp³-hybridized carbons (Fsp3) is 0.636. The topological polar surface area (TPSA) is 25.8 Å². The van der Waals surface area contributed by atoms with Crippen molar-refractivity contribution in [2.75, 3.05) is 0 Å². The van der Waals surface area contributed by atoms with Crippen LogP contribution in [-0.4, -0.2) is 9.97 Å². The summed E-state index contributed by atoms with van der Waals surface area (Å²) >= 11 is 0. The number of aryl methyl sites for hydroxylation is 2. The van der Waals surface area contributed by atoms with Gasteiger partial charge in [-0.25, -0.2) is 9.97 Å². The first-order chi connectivity index (χ1) is 5.39. The van der Waals surface area contributed by atoms with Crippen LogP contribution in [0.25, 0.3) is 0 Å². The van der Waals surface area contributed by atoms with Gasteiger partial charge in [0.2, 0.25) is 0 Å². The number of aromatic nitrogens is 2. The average Bonchev–Trinajstić information content (AvgIpc) is 1.82. The minimum atomic E-state index is 0. The molecule has 1 aromatic rings. The maximum absolute atomic E-state index is 4.39. The van der Waals surface area contributed by atoms with E-state index in [0.717, 1.165) is 17.2 Å². The first kappa shape index (κ1) is 12.1. The maximum atomic E-state index is 4.39. The molecule has 1 rings (SSSR count). The lowest BCUT2D eigenvalue weighted by atomic mass is 9.95. The Morgan fingerprint density at radius 1 is 1.00 bits per heavy atom. The van der Waals surface area contributed by atoms with Crippen molar-refractivity contribution >= 4 is 0 Å². The van der Waals surface area contributed by atoms with Gasteiger partial charge in [0.25, 0.3) is 0 Å². The third-order valence-corrected chi connectivity index (χ3v) is 1.65. The van der Waals surface area contributed by atoms with Crippen LogP contribution in [0.5, 0.6) is 0 Å². The SMILES string of the molecule is C.Cc1cc(C)nc(C(C)(C)C)n1. The van der Waals surface area contributed by atoms with E-state index in [2.05, 4.69) is 30.7 Å². The van der Waals surface area contributed by atoms with Crippen molar-refractivity contribution in [2.24, 2.45) is 0 Å². The van der Waals surface area contributed by atoms with Gasteiger partial charge in [0.1, 0.15) is 5.82 Å². The predicted molar refractivity (Wildman–Crippen MR) is 56.9 cm³/mol. The third kappa shape index (κ3) is 3.13. The van der Waals surface area contributed by atoms with Gasteiger partial charge in [0, 0.05) is 16.8 Å². The Labute approximate surface area is 81.4 Å². The average molecular weight is 180 g/mol. The number of nitrogens with zero attached hydrogens (tertiary/aromatic N) is 2. The molecule has 0 spiro atoms. The molecular formula is C11H20N2. The molecular weight excluding hydrogens is 160 g/mol. The largest absolute Gasteiger partial charge is 0.238 e. The lowest BCUT2D eigenvalue weighted by Crippen LogP contribution is -2.17. The van der Waals surface area contributed by atoms with Crippen molar-refractivity contribution in [3.05, 3.63) is 23.3 Å². The Kier molecular flexibility index (Phi) is 3.59. The van der Waals surface area contributed by atoms with Gasteiger partial charge in [-0.2, -0.15) is 0 Å². The monoisotopic (exact) mass is 180 g/mol. The number of hydrogen-bond donors (Lipinski definition) is 0. The molecule has 0 amide bonds. The third-order valence-electron chi connectivity index (χ3n) is 1.65. The molecule has 0 atom stereocenters. The van der Waals surface area contributed by atoms with Crippen molar-refractivity contribution < 1.29 is 0 Å². The molecule has 1 heterocycles. The highest BCUT2D eigenvalue weighted by Crippen LogP contribution is 2.18. The van der Waals surface area contributed by atoms with E-state index in [1.165, 1.54) is 0 Å². The Morgan fingerprint density at radius 3 is 1.69 bits per heavy atom. The zero-order chi connectivity index (χ0) is 9.35. The zero-order valence-electron chi connectivity index (χ0n) is 8.47. The molecule has 0 saturated carbocycles. The Balaban J connectivity index is 0.00000144. The molecule has 0 unspecified atom stereocenters. The predicted octanol–water partition coefficient (Wildman–Crippen LogP) is 3.03. The van der Waals surface area contributed by atoms with Crippen LogP contribution in [-0.2, 0) is 5.41 Å². The summed E-state index contributed by atoms with van der Waals surface area (Å²) in [6, 6.07) is 2.00. The van der Waals surface area contributed by atoms with Gasteiger partial charge in [-0.15, -0.1) is 0 Å². The van der Waals surface area contributed by atoms with Crippen molar-refractivity contribution in [2.45, 2.75) is 47.5 Å². The maximum Gasteiger partial charge on any atom is 0.134 e. The molecule has 0 aliphatic rings. The van der Waals surface area contributed by atoms with Crippen LogP contribution >= 0.6 is 0 Å². The van der Waals surface area contributed by atoms with Gasteiger partial charge in [0.05, 0.1) is 0 Å². The highest BCUT2D eigenvalue weighted by Gasteiger charge is 2.17. The Hall–Kier alpha value is -0.920. The molecule has 0 aliphatic carbocycles. The van der Waals surface area contributed by atoms with Crippen LogP contribution in [0.1, 0.15) is 45.4 Å². The minimum absolute atomic E-state index is 0. The summed E-state index contributed by atoms with van der Waals surface area (Å²) in [5.74, 6) is 0.931. The number of rotatable bonds is 0. The second kappa shape index (κ2) is 3.86. The summed E-state index contributed by atoms with van der Waals surface area (Å²) in [4.78, 5) is 8.79. The first-order valence-corrected chi connectivity index (χ1v) is 4.22. The van der Waals surface area contributed by atoms with Gasteiger partial charge in [-0.3, -0.25) is 0 Å². The molecule has 1 aromatic heterocycles. The Morgan fingerprint density at radius 2 is 1.38 bits per heavy atom. The smallest absolute Gasteiger partial charge is 0.134 e. The van der Waals surface area contributed by atoms with Crippen LogP contribution < -0.4 is 0 Å². The zero-order valence-corrected chi connectivity index (χ0v) is 8.47. The van der Waals surface area contributed by atoms with Crippen LogP contribution in [0.15, 0.2) is 6.07 Å². The first-order valence-electron chi connectivity index (χ1n) is 4.22. The fourth-order valence-corrected chi connectivity index (χ4v) is 1.06. The summed E-state index contributed by atoms with van der Waals surface area (Å²) < 4.78 is 0. The van der Waals surface area contributed by atoms with E-state index in [1.807, 2.05) is 19.9 Å². The van der Waals surface area contributed by atoms with E-state index in [0.29, 0.717) is 0 Å². The minimum Gasteiger partial charge on any atom is -0.238 e. The second-order valence-electron chi connectivity index (χ2n) is 4.22. The summed E-state index contributed by atoms with van der Waals surface area (Å²) in [5.41, 5.74) is 2.15. The molecule has 74 valence electrons. The summed E-state index contributed by atoms with van der Waals surface area (Å²) in [7, 11) is 0. The van der Waals surface area contributed by atoms with E-state index < -0.39 is 0 Å². The van der Waals surface area contributed by atoms with Gasteiger partial charge in [0.15, 0.2) is 0 Å². The van der Waals surface area contributed by atoms with Crippen LogP contribution in [0.3, 0.4) is 0 Å². The molecule has 0 radical (unpaired) electrons. The van der Waals surface area contributed by atoms with Gasteiger partial charge < -0.3 is 0 Å². The highest BCUT2D eigenvalue weighted by atomic mass is 14.9. The molecule has 2 nitrogen and oxygen atoms in total. The van der Waals surface area contributed by atoms with Gasteiger partial charge in [-0.1, -0.05) is 28.2 Å². The molecule has 0 aliphatic heterocycles. The fourth-order valence-electron chi connectivity index (χ4n) is 1.06. The van der Waals surface area contributed by atoms with Crippen molar-refractivity contribution in [3.63, 3.8) is 0 Å². The summed E-state index contributed by atoms with van der Waals surface area (Å²) in [6.45, 7) is 10.4. The highest BCUT2D eigenvalue weighted by molar-refractivity contribution is 5.12. The van der Waals surface area contributed by atoms with Crippen LogP contribution in [0.2, 0.25) is 0 Å². The quantitative estimate of drug-likeness (QED) is 0.613. The van der Waals surface area contributed by atoms with Gasteiger partial charge >= 0.3 is 0 Å². The lowest BCUT2D eigenvalue weighted by molar-refractivity contribution is 0.540. The van der Waals surface area contributed by atoms with Crippen LogP contribution in [0.4, 0.5) is 0 Å². The molecule has 2 heteroatoms. The van der Waals surface area contributed by atoms with Crippen molar-refractivity contribution in [1.82, 2.24) is 9.97 Å². The molecule has 0 fully saturated rings.